The lowest BCUT2D eigenvalue weighted by molar-refractivity contribution is -0.186. The quantitative estimate of drug-likeness (QED) is 0.809. The molecule has 1 aliphatic heterocycles. The highest BCUT2D eigenvalue weighted by atomic mass is 16.8. The van der Waals surface area contributed by atoms with E-state index < -0.39 is 0 Å². The molecule has 0 aromatic carbocycles. The van der Waals surface area contributed by atoms with Gasteiger partial charge in [-0.1, -0.05) is 0 Å². The molecule has 0 saturated carbocycles. The van der Waals surface area contributed by atoms with Crippen molar-refractivity contribution in [1.82, 2.24) is 10.5 Å². The molecule has 0 aliphatic carbocycles. The molecule has 2 rings (SSSR count). The van der Waals surface area contributed by atoms with E-state index in [1.807, 2.05) is 6.92 Å². The Kier molecular flexibility index (Phi) is 4.06. The molecule has 1 aromatic heterocycles. The van der Waals surface area contributed by atoms with Gasteiger partial charge >= 0.3 is 0 Å². The predicted octanol–water partition coefficient (Wildman–Crippen LogP) is 1.58. The summed E-state index contributed by atoms with van der Waals surface area (Å²) in [6.45, 7) is 2.56. The summed E-state index contributed by atoms with van der Waals surface area (Å²) in [6.07, 6.45) is 4.12. The summed E-state index contributed by atoms with van der Waals surface area (Å²) in [5, 5.41) is 0. The van der Waals surface area contributed by atoms with Crippen molar-refractivity contribution in [3.8, 4) is 0 Å². The molecule has 1 aromatic rings. The van der Waals surface area contributed by atoms with Gasteiger partial charge < -0.3 is 4.74 Å². The Balaban J connectivity index is 1.82. The average molecular weight is 236 g/mol. The first-order valence-electron chi connectivity index (χ1n) is 5.76. The molecule has 2 heterocycles. The van der Waals surface area contributed by atoms with Gasteiger partial charge in [-0.2, -0.15) is 0 Å². The van der Waals surface area contributed by atoms with Gasteiger partial charge in [-0.25, -0.2) is 10.3 Å². The molecular weight excluding hydrogens is 220 g/mol. The predicted molar refractivity (Wildman–Crippen MR) is 61.1 cm³/mol. The molecule has 1 fully saturated rings. The maximum absolute atomic E-state index is 11.7. The van der Waals surface area contributed by atoms with E-state index in [-0.39, 0.29) is 12.2 Å². The summed E-state index contributed by atoms with van der Waals surface area (Å²) < 4.78 is 5.33. The number of hydrogen-bond donors (Lipinski definition) is 1. The number of pyridine rings is 1. The first-order valence-corrected chi connectivity index (χ1v) is 5.76. The fourth-order valence-corrected chi connectivity index (χ4v) is 1.58. The highest BCUT2D eigenvalue weighted by Crippen LogP contribution is 2.12. The minimum atomic E-state index is -0.328. The first kappa shape index (κ1) is 12.0. The number of nitrogens with zero attached hydrogens (tertiary/aromatic N) is 1. The number of nitrogens with one attached hydrogen (secondary N) is 1. The van der Waals surface area contributed by atoms with Crippen LogP contribution in [0.25, 0.3) is 0 Å². The van der Waals surface area contributed by atoms with Crippen molar-refractivity contribution < 1.29 is 14.4 Å². The van der Waals surface area contributed by atoms with Crippen molar-refractivity contribution in [3.05, 3.63) is 29.6 Å². The van der Waals surface area contributed by atoms with Gasteiger partial charge in [-0.05, 0) is 31.9 Å². The van der Waals surface area contributed by atoms with Crippen LogP contribution in [0.4, 0.5) is 0 Å². The number of aryl methyl sites for hydroxylation is 1. The van der Waals surface area contributed by atoms with E-state index >= 15 is 0 Å². The average Bonchev–Trinajstić information content (AvgIpc) is 2.38. The number of hydroxylamine groups is 1. The van der Waals surface area contributed by atoms with Crippen LogP contribution in [0.5, 0.6) is 0 Å². The molecular formula is C12H16N2O3. The molecule has 1 unspecified atom stereocenters. The second-order valence-electron chi connectivity index (χ2n) is 4.03. The van der Waals surface area contributed by atoms with Crippen LogP contribution in [0.2, 0.25) is 0 Å². The summed E-state index contributed by atoms with van der Waals surface area (Å²) in [6, 6.07) is 3.49. The van der Waals surface area contributed by atoms with Gasteiger partial charge in [0.2, 0.25) is 0 Å². The van der Waals surface area contributed by atoms with Gasteiger partial charge in [-0.3, -0.25) is 9.78 Å². The second-order valence-corrected chi connectivity index (χ2v) is 4.03. The maximum Gasteiger partial charge on any atom is 0.276 e. The third kappa shape index (κ3) is 3.51. The maximum atomic E-state index is 11.7. The molecule has 1 saturated heterocycles. The Morgan fingerprint density at radius 1 is 1.53 bits per heavy atom. The van der Waals surface area contributed by atoms with Crippen LogP contribution in [0.15, 0.2) is 18.3 Å². The number of carbonyl (C=O) groups excluding carboxylic acids is 1. The zero-order valence-corrected chi connectivity index (χ0v) is 9.81. The molecule has 5 heteroatoms. The zero-order chi connectivity index (χ0) is 12.1. The summed E-state index contributed by atoms with van der Waals surface area (Å²) in [4.78, 5) is 20.9. The minimum Gasteiger partial charge on any atom is -0.350 e. The third-order valence-electron chi connectivity index (χ3n) is 2.59. The Hall–Kier alpha value is -1.46. The number of ether oxygens (including phenoxy) is 1. The topological polar surface area (TPSA) is 60.5 Å². The Morgan fingerprint density at radius 2 is 2.41 bits per heavy atom. The number of amides is 1. The van der Waals surface area contributed by atoms with Gasteiger partial charge in [0.05, 0.1) is 5.56 Å². The van der Waals surface area contributed by atoms with Crippen LogP contribution >= 0.6 is 0 Å². The van der Waals surface area contributed by atoms with E-state index in [0.717, 1.165) is 25.0 Å². The van der Waals surface area contributed by atoms with Gasteiger partial charge in [-0.15, -0.1) is 0 Å². The number of aromatic nitrogens is 1. The second kappa shape index (κ2) is 5.75. The fraction of sp³-hybridized carbons (Fsp3) is 0.500. The Labute approximate surface area is 100 Å². The van der Waals surface area contributed by atoms with Gasteiger partial charge in [0.15, 0.2) is 6.29 Å². The van der Waals surface area contributed by atoms with Crippen molar-refractivity contribution >= 4 is 5.91 Å². The van der Waals surface area contributed by atoms with Crippen molar-refractivity contribution in [2.75, 3.05) is 6.61 Å². The fourth-order valence-electron chi connectivity index (χ4n) is 1.58. The molecule has 0 radical (unpaired) electrons. The number of rotatable bonds is 3. The highest BCUT2D eigenvalue weighted by molar-refractivity contribution is 5.93. The standard InChI is InChI=1S/C12H16N2O3/c1-9-5-6-10(8-13-9)12(15)14-17-11-4-2-3-7-16-11/h5-6,8,11H,2-4,7H2,1H3,(H,14,15). The monoisotopic (exact) mass is 236 g/mol. The van der Waals surface area contributed by atoms with E-state index in [9.17, 15) is 4.79 Å². The van der Waals surface area contributed by atoms with E-state index in [0.29, 0.717) is 12.2 Å². The molecule has 5 nitrogen and oxygen atoms in total. The summed E-state index contributed by atoms with van der Waals surface area (Å²) >= 11 is 0. The summed E-state index contributed by atoms with van der Waals surface area (Å²) in [7, 11) is 0. The Bertz CT molecular complexity index is 372. The molecule has 0 spiro atoms. The SMILES string of the molecule is Cc1ccc(C(=O)NOC2CCCCO2)cn1. The van der Waals surface area contributed by atoms with E-state index in [2.05, 4.69) is 10.5 Å². The largest absolute Gasteiger partial charge is 0.350 e. The molecule has 92 valence electrons. The summed E-state index contributed by atoms with van der Waals surface area (Å²) in [5.74, 6) is -0.299. The lowest BCUT2D eigenvalue weighted by atomic mass is 10.2. The molecule has 1 aliphatic rings. The van der Waals surface area contributed by atoms with Crippen molar-refractivity contribution in [3.63, 3.8) is 0 Å². The van der Waals surface area contributed by atoms with Crippen molar-refractivity contribution in [2.24, 2.45) is 0 Å². The van der Waals surface area contributed by atoms with Crippen molar-refractivity contribution in [1.29, 1.82) is 0 Å². The first-order chi connectivity index (χ1) is 8.25. The molecule has 1 amide bonds. The lowest BCUT2D eigenvalue weighted by Gasteiger charge is -2.22. The molecule has 1 atom stereocenters. The normalized spacial score (nSPS) is 19.9. The minimum absolute atomic E-state index is 0.299. The van der Waals surface area contributed by atoms with Crippen LogP contribution in [-0.4, -0.2) is 23.8 Å². The third-order valence-corrected chi connectivity index (χ3v) is 2.59. The zero-order valence-electron chi connectivity index (χ0n) is 9.81. The van der Waals surface area contributed by atoms with Gasteiger partial charge in [0.1, 0.15) is 0 Å². The van der Waals surface area contributed by atoms with E-state index in [1.54, 1.807) is 12.1 Å². The van der Waals surface area contributed by atoms with Crippen LogP contribution in [0, 0.1) is 6.92 Å². The van der Waals surface area contributed by atoms with Crippen LogP contribution in [0.1, 0.15) is 35.3 Å². The number of hydrogen-bond acceptors (Lipinski definition) is 4. The Morgan fingerprint density at radius 3 is 3.06 bits per heavy atom. The van der Waals surface area contributed by atoms with Gasteiger partial charge in [0.25, 0.3) is 5.91 Å². The van der Waals surface area contributed by atoms with E-state index in [1.165, 1.54) is 6.20 Å². The highest BCUT2D eigenvalue weighted by Gasteiger charge is 2.16. The van der Waals surface area contributed by atoms with Crippen LogP contribution in [-0.2, 0) is 9.57 Å². The van der Waals surface area contributed by atoms with Crippen molar-refractivity contribution in [2.45, 2.75) is 32.5 Å². The molecule has 1 N–H and O–H groups in total. The lowest BCUT2D eigenvalue weighted by Crippen LogP contribution is -2.33. The number of carbonyl (C=O) groups is 1. The molecule has 0 bridgehead atoms. The van der Waals surface area contributed by atoms with Crippen LogP contribution in [0.3, 0.4) is 0 Å². The smallest absolute Gasteiger partial charge is 0.276 e. The van der Waals surface area contributed by atoms with Crippen LogP contribution < -0.4 is 5.48 Å². The summed E-state index contributed by atoms with van der Waals surface area (Å²) in [5.41, 5.74) is 3.74. The molecule has 17 heavy (non-hydrogen) atoms. The van der Waals surface area contributed by atoms with Gasteiger partial charge in [0, 0.05) is 24.9 Å². The van der Waals surface area contributed by atoms with E-state index in [4.69, 9.17) is 9.57 Å².